The Bertz CT molecular complexity index is 225. The maximum atomic E-state index is 10.1. The summed E-state index contributed by atoms with van der Waals surface area (Å²) in [5.41, 5.74) is 15.2. The average Bonchev–Trinajstić information content (AvgIpc) is 2.28. The van der Waals surface area contributed by atoms with E-state index in [1.807, 2.05) is 0 Å². The van der Waals surface area contributed by atoms with Crippen molar-refractivity contribution in [2.75, 3.05) is 13.2 Å². The van der Waals surface area contributed by atoms with E-state index in [2.05, 4.69) is 0 Å². The third kappa shape index (κ3) is 12.7. The van der Waals surface area contributed by atoms with Gasteiger partial charge in [0.1, 0.15) is 12.1 Å². The van der Waals surface area contributed by atoms with Crippen LogP contribution in [0, 0.1) is 0 Å². The Kier molecular flexibility index (Phi) is 12.0. The molecule has 9 N–H and O–H groups in total. The Hall–Kier alpha value is -1.22. The molecule has 0 amide bonds. The van der Waals surface area contributed by atoms with Crippen LogP contribution in [0.1, 0.15) is 19.3 Å². The second-order valence-electron chi connectivity index (χ2n) is 3.36. The van der Waals surface area contributed by atoms with E-state index in [1.54, 1.807) is 0 Å². The van der Waals surface area contributed by atoms with Crippen molar-refractivity contribution in [3.63, 3.8) is 0 Å². The molecule has 0 bridgehead atoms. The predicted molar refractivity (Wildman–Crippen MR) is 61.2 cm³/mol. The first-order chi connectivity index (χ1) is 7.86. The van der Waals surface area contributed by atoms with Crippen molar-refractivity contribution in [2.24, 2.45) is 17.2 Å². The highest BCUT2D eigenvalue weighted by molar-refractivity contribution is 5.73. The summed E-state index contributed by atoms with van der Waals surface area (Å²) in [5, 5.41) is 24.2. The number of aliphatic carboxylic acids is 2. The summed E-state index contributed by atoms with van der Waals surface area (Å²) in [6, 6.07) is -1.84. The second-order valence-corrected chi connectivity index (χ2v) is 3.36. The van der Waals surface area contributed by atoms with E-state index in [0.717, 1.165) is 12.8 Å². The molecule has 0 saturated heterocycles. The summed E-state index contributed by atoms with van der Waals surface area (Å²) >= 11 is 0. The number of hydrogen-bond donors (Lipinski definition) is 6. The van der Waals surface area contributed by atoms with Gasteiger partial charge in [0.15, 0.2) is 0 Å². The Morgan fingerprint density at radius 2 is 1.47 bits per heavy atom. The zero-order chi connectivity index (χ0) is 13.8. The first-order valence-electron chi connectivity index (χ1n) is 5.14. The van der Waals surface area contributed by atoms with Crippen LogP contribution in [0.2, 0.25) is 0 Å². The molecule has 8 heteroatoms. The van der Waals surface area contributed by atoms with Gasteiger partial charge in [0.05, 0.1) is 6.61 Å². The first-order valence-corrected chi connectivity index (χ1v) is 5.14. The second kappa shape index (κ2) is 11.3. The molecule has 0 radical (unpaired) electrons. The van der Waals surface area contributed by atoms with Crippen molar-refractivity contribution in [1.82, 2.24) is 0 Å². The summed E-state index contributed by atoms with van der Waals surface area (Å²) in [6.45, 7) is 0.0989. The van der Waals surface area contributed by atoms with Gasteiger partial charge >= 0.3 is 11.9 Å². The summed E-state index contributed by atoms with van der Waals surface area (Å²) in [6.07, 6.45) is 2.16. The molecule has 0 aliphatic carbocycles. The van der Waals surface area contributed by atoms with Crippen LogP contribution in [-0.2, 0) is 9.59 Å². The molecule has 8 nitrogen and oxygen atoms in total. The zero-order valence-electron chi connectivity index (χ0n) is 9.58. The van der Waals surface area contributed by atoms with E-state index >= 15 is 0 Å². The van der Waals surface area contributed by atoms with Gasteiger partial charge in [0.25, 0.3) is 0 Å². The maximum Gasteiger partial charge on any atom is 0.322 e. The normalized spacial score (nSPS) is 13.2. The molecule has 0 spiro atoms. The van der Waals surface area contributed by atoms with Gasteiger partial charge in [-0.05, 0) is 19.4 Å². The molecular formula is C9H21N3O5. The van der Waals surface area contributed by atoms with Crippen LogP contribution < -0.4 is 17.2 Å². The minimum atomic E-state index is -1.18. The minimum Gasteiger partial charge on any atom is -0.480 e. The number of aliphatic hydroxyl groups excluding tert-OH is 1. The van der Waals surface area contributed by atoms with Crippen molar-refractivity contribution >= 4 is 11.9 Å². The van der Waals surface area contributed by atoms with E-state index in [1.165, 1.54) is 0 Å². The lowest BCUT2D eigenvalue weighted by Crippen LogP contribution is -2.33. The van der Waals surface area contributed by atoms with Crippen LogP contribution in [0.15, 0.2) is 0 Å². The summed E-state index contributed by atoms with van der Waals surface area (Å²) in [5.74, 6) is -2.11. The minimum absolute atomic E-state index is 0.505. The lowest BCUT2D eigenvalue weighted by molar-refractivity contribution is -0.140. The molecule has 0 fully saturated rings. The van der Waals surface area contributed by atoms with Gasteiger partial charge in [0, 0.05) is 0 Å². The van der Waals surface area contributed by atoms with Crippen molar-refractivity contribution < 1.29 is 24.9 Å². The van der Waals surface area contributed by atoms with Crippen molar-refractivity contribution in [3.05, 3.63) is 0 Å². The van der Waals surface area contributed by atoms with Gasteiger partial charge in [0.2, 0.25) is 0 Å². The Labute approximate surface area is 99.4 Å². The molecule has 0 aromatic heterocycles. The molecule has 0 aromatic carbocycles. The number of nitrogens with two attached hydrogens (primary N) is 3. The molecular weight excluding hydrogens is 230 g/mol. The van der Waals surface area contributed by atoms with Crippen molar-refractivity contribution in [1.29, 1.82) is 0 Å². The standard InChI is InChI=1S/C6H14N2O2.C3H7NO3/c7-4-2-1-3-5(8)6(9)10;4-2(1-5)3(6)7/h5H,1-4,7-8H2,(H,9,10);2,5H,1,4H2,(H,6,7). The number of rotatable bonds is 7. The summed E-state index contributed by atoms with van der Waals surface area (Å²) in [4.78, 5) is 19.8. The van der Waals surface area contributed by atoms with E-state index in [-0.39, 0.29) is 0 Å². The molecule has 102 valence electrons. The molecule has 0 aliphatic rings. The quantitative estimate of drug-likeness (QED) is 0.279. The fourth-order valence-electron chi connectivity index (χ4n) is 0.710. The molecule has 2 atom stereocenters. The molecule has 0 rings (SSSR count). The van der Waals surface area contributed by atoms with Crippen LogP contribution >= 0.6 is 0 Å². The van der Waals surface area contributed by atoms with Gasteiger partial charge in [-0.2, -0.15) is 0 Å². The summed E-state index contributed by atoms with van der Waals surface area (Å²) in [7, 11) is 0. The lowest BCUT2D eigenvalue weighted by atomic mass is 10.1. The first kappa shape index (κ1) is 18.2. The van der Waals surface area contributed by atoms with Crippen LogP contribution in [0.25, 0.3) is 0 Å². The number of aliphatic hydroxyl groups is 1. The molecule has 2 unspecified atom stereocenters. The molecule has 0 heterocycles. The largest absolute Gasteiger partial charge is 0.480 e. The van der Waals surface area contributed by atoms with Gasteiger partial charge in [-0.1, -0.05) is 6.42 Å². The van der Waals surface area contributed by atoms with E-state index in [4.69, 9.17) is 32.5 Å². The number of carboxylic acid groups (broad SMARTS) is 2. The topological polar surface area (TPSA) is 173 Å². The molecule has 17 heavy (non-hydrogen) atoms. The van der Waals surface area contributed by atoms with E-state index < -0.39 is 30.6 Å². The highest BCUT2D eigenvalue weighted by Crippen LogP contribution is 1.96. The smallest absolute Gasteiger partial charge is 0.322 e. The van der Waals surface area contributed by atoms with Gasteiger partial charge < -0.3 is 32.5 Å². The van der Waals surface area contributed by atoms with Crippen LogP contribution in [0.5, 0.6) is 0 Å². The maximum absolute atomic E-state index is 10.1. The number of carbonyl (C=O) groups is 2. The monoisotopic (exact) mass is 251 g/mol. The lowest BCUT2D eigenvalue weighted by Gasteiger charge is -2.03. The van der Waals surface area contributed by atoms with Crippen LogP contribution in [0.4, 0.5) is 0 Å². The number of carboxylic acids is 2. The van der Waals surface area contributed by atoms with Crippen LogP contribution in [0.3, 0.4) is 0 Å². The Morgan fingerprint density at radius 1 is 1.00 bits per heavy atom. The zero-order valence-corrected chi connectivity index (χ0v) is 9.58. The van der Waals surface area contributed by atoms with Gasteiger partial charge in [-0.15, -0.1) is 0 Å². The van der Waals surface area contributed by atoms with E-state index in [9.17, 15) is 9.59 Å². The highest BCUT2D eigenvalue weighted by Gasteiger charge is 2.09. The van der Waals surface area contributed by atoms with Crippen molar-refractivity contribution in [2.45, 2.75) is 31.3 Å². The number of unbranched alkanes of at least 4 members (excludes halogenated alkanes) is 1. The Balaban J connectivity index is 0. The third-order valence-electron chi connectivity index (χ3n) is 1.80. The molecule has 0 saturated carbocycles. The number of hydrogen-bond acceptors (Lipinski definition) is 6. The average molecular weight is 251 g/mol. The predicted octanol–water partition coefficient (Wildman–Crippen LogP) is -2.08. The fourth-order valence-corrected chi connectivity index (χ4v) is 0.710. The highest BCUT2D eigenvalue weighted by atomic mass is 16.4. The molecule has 0 aliphatic heterocycles. The molecule has 0 aromatic rings. The van der Waals surface area contributed by atoms with Crippen molar-refractivity contribution in [3.8, 4) is 0 Å². The SMILES string of the molecule is NC(CO)C(=O)O.NCCCCC(N)C(=O)O. The van der Waals surface area contributed by atoms with Crippen LogP contribution in [-0.4, -0.2) is 52.5 Å². The van der Waals surface area contributed by atoms with E-state index in [0.29, 0.717) is 13.0 Å². The van der Waals surface area contributed by atoms with Gasteiger partial charge in [-0.25, -0.2) is 0 Å². The third-order valence-corrected chi connectivity index (χ3v) is 1.80. The Morgan fingerprint density at radius 3 is 1.71 bits per heavy atom. The van der Waals surface area contributed by atoms with Gasteiger partial charge in [-0.3, -0.25) is 9.59 Å². The summed E-state index contributed by atoms with van der Waals surface area (Å²) < 4.78 is 0. The fraction of sp³-hybridized carbons (Fsp3) is 0.778.